The van der Waals surface area contributed by atoms with Crippen LogP contribution < -0.4 is 0 Å². The molecule has 1 aliphatic heterocycles. The molecule has 21 heavy (non-hydrogen) atoms. The molecule has 1 aromatic carbocycles. The first-order valence-electron chi connectivity index (χ1n) is 7.23. The highest BCUT2D eigenvalue weighted by molar-refractivity contribution is 7.89. The summed E-state index contributed by atoms with van der Waals surface area (Å²) < 4.78 is 27.4. The summed E-state index contributed by atoms with van der Waals surface area (Å²) in [5, 5.41) is 8.75. The predicted octanol–water partition coefficient (Wildman–Crippen LogP) is 1.90. The molecule has 1 N–H and O–H groups in total. The topological polar surface area (TPSA) is 57.6 Å². The summed E-state index contributed by atoms with van der Waals surface area (Å²) in [7, 11) is -3.48. The predicted molar refractivity (Wildman–Crippen MR) is 82.3 cm³/mol. The molecule has 1 unspecified atom stereocenters. The van der Waals surface area contributed by atoms with Crippen LogP contribution in [0.1, 0.15) is 37.3 Å². The van der Waals surface area contributed by atoms with E-state index >= 15 is 0 Å². The molecule has 1 aliphatic rings. The minimum Gasteiger partial charge on any atom is -0.384 e. The third-order valence-corrected chi connectivity index (χ3v) is 5.97. The van der Waals surface area contributed by atoms with Gasteiger partial charge in [-0.3, -0.25) is 0 Å². The second-order valence-corrected chi connectivity index (χ2v) is 7.12. The third kappa shape index (κ3) is 3.29. The van der Waals surface area contributed by atoms with Gasteiger partial charge >= 0.3 is 0 Å². The maximum Gasteiger partial charge on any atom is 0.243 e. The standard InChI is InChI=1S/C16H21NO3S/c1-3-15-7-4-10-17(15)21(19,20)16-12-14(6-5-11-18)9-8-13(16)2/h8-9,12,15,18H,3-4,7,10-11H2,1-2H3. The summed E-state index contributed by atoms with van der Waals surface area (Å²) in [4.78, 5) is 0.326. The molecule has 1 aromatic rings. The molecular weight excluding hydrogens is 286 g/mol. The van der Waals surface area contributed by atoms with Crippen LogP contribution in [-0.4, -0.2) is 37.0 Å². The molecule has 0 spiro atoms. The van der Waals surface area contributed by atoms with Gasteiger partial charge in [-0.05, 0) is 43.9 Å². The van der Waals surface area contributed by atoms with E-state index in [1.54, 1.807) is 29.4 Å². The summed E-state index contributed by atoms with van der Waals surface area (Å²) >= 11 is 0. The fourth-order valence-electron chi connectivity index (χ4n) is 2.76. The van der Waals surface area contributed by atoms with E-state index in [1.807, 2.05) is 6.92 Å². The van der Waals surface area contributed by atoms with Gasteiger partial charge in [-0.25, -0.2) is 8.42 Å². The number of rotatable bonds is 3. The Labute approximate surface area is 126 Å². The van der Waals surface area contributed by atoms with Crippen LogP contribution in [0.15, 0.2) is 23.1 Å². The number of aryl methyl sites for hydroxylation is 1. The van der Waals surface area contributed by atoms with Gasteiger partial charge in [0.1, 0.15) is 6.61 Å². The van der Waals surface area contributed by atoms with Crippen molar-refractivity contribution in [3.05, 3.63) is 29.3 Å². The number of nitrogens with zero attached hydrogens (tertiary/aromatic N) is 1. The lowest BCUT2D eigenvalue weighted by Gasteiger charge is -2.24. The van der Waals surface area contributed by atoms with Gasteiger partial charge in [0.2, 0.25) is 10.0 Å². The number of benzene rings is 1. The smallest absolute Gasteiger partial charge is 0.243 e. The molecule has 0 bridgehead atoms. The number of aliphatic hydroxyl groups is 1. The lowest BCUT2D eigenvalue weighted by Crippen LogP contribution is -2.35. The molecule has 5 heteroatoms. The van der Waals surface area contributed by atoms with Crippen molar-refractivity contribution in [2.45, 2.75) is 44.0 Å². The van der Waals surface area contributed by atoms with Crippen LogP contribution >= 0.6 is 0 Å². The van der Waals surface area contributed by atoms with E-state index < -0.39 is 10.0 Å². The van der Waals surface area contributed by atoms with Gasteiger partial charge in [0.05, 0.1) is 4.90 Å². The zero-order valence-electron chi connectivity index (χ0n) is 12.5. The van der Waals surface area contributed by atoms with Crippen molar-refractivity contribution in [3.8, 4) is 11.8 Å². The molecule has 0 radical (unpaired) electrons. The number of hydrogen-bond acceptors (Lipinski definition) is 3. The molecule has 1 heterocycles. The maximum absolute atomic E-state index is 12.9. The Balaban J connectivity index is 2.44. The Hall–Kier alpha value is -1.35. The van der Waals surface area contributed by atoms with Gasteiger partial charge in [-0.15, -0.1) is 0 Å². The molecule has 0 aromatic heterocycles. The van der Waals surface area contributed by atoms with Crippen LogP contribution in [0.2, 0.25) is 0 Å². The molecule has 1 fully saturated rings. The fourth-order valence-corrected chi connectivity index (χ4v) is 4.78. The van der Waals surface area contributed by atoms with Crippen LogP contribution in [0.25, 0.3) is 0 Å². The van der Waals surface area contributed by atoms with Crippen molar-refractivity contribution in [2.75, 3.05) is 13.2 Å². The maximum atomic E-state index is 12.9. The van der Waals surface area contributed by atoms with Gasteiger partial charge in [0.25, 0.3) is 0 Å². The lowest BCUT2D eigenvalue weighted by atomic mass is 10.1. The summed E-state index contributed by atoms with van der Waals surface area (Å²) in [6, 6.07) is 5.25. The molecule has 2 rings (SSSR count). The van der Waals surface area contributed by atoms with Crippen molar-refractivity contribution in [1.29, 1.82) is 0 Å². The van der Waals surface area contributed by atoms with Crippen LogP contribution in [0.4, 0.5) is 0 Å². The second kappa shape index (κ2) is 6.61. The highest BCUT2D eigenvalue weighted by Crippen LogP contribution is 2.29. The van der Waals surface area contributed by atoms with Crippen LogP contribution in [0.5, 0.6) is 0 Å². The SMILES string of the molecule is CCC1CCCN1S(=O)(=O)c1cc(C#CCO)ccc1C. The first kappa shape index (κ1) is 16.0. The van der Waals surface area contributed by atoms with Crippen LogP contribution in [-0.2, 0) is 10.0 Å². The highest BCUT2D eigenvalue weighted by atomic mass is 32.2. The van der Waals surface area contributed by atoms with Crippen LogP contribution in [0, 0.1) is 18.8 Å². The zero-order valence-corrected chi connectivity index (χ0v) is 13.3. The molecule has 0 aliphatic carbocycles. The minimum atomic E-state index is -3.48. The quantitative estimate of drug-likeness (QED) is 0.868. The van der Waals surface area contributed by atoms with Gasteiger partial charge in [-0.1, -0.05) is 24.8 Å². The van der Waals surface area contributed by atoms with E-state index in [4.69, 9.17) is 5.11 Å². The average molecular weight is 307 g/mol. The largest absolute Gasteiger partial charge is 0.384 e. The van der Waals surface area contributed by atoms with Gasteiger partial charge in [0, 0.05) is 18.2 Å². The molecule has 0 saturated carbocycles. The Bertz CT molecular complexity index is 670. The average Bonchev–Trinajstić information content (AvgIpc) is 2.95. The van der Waals surface area contributed by atoms with Gasteiger partial charge < -0.3 is 5.11 Å². The number of hydrogen-bond donors (Lipinski definition) is 1. The van der Waals surface area contributed by atoms with E-state index in [1.165, 1.54) is 0 Å². The fraction of sp³-hybridized carbons (Fsp3) is 0.500. The Morgan fingerprint density at radius 2 is 2.19 bits per heavy atom. The molecule has 1 saturated heterocycles. The van der Waals surface area contributed by atoms with Crippen molar-refractivity contribution in [1.82, 2.24) is 4.31 Å². The molecule has 114 valence electrons. The first-order chi connectivity index (χ1) is 10.0. The first-order valence-corrected chi connectivity index (χ1v) is 8.67. The van der Waals surface area contributed by atoms with E-state index in [-0.39, 0.29) is 12.6 Å². The summed E-state index contributed by atoms with van der Waals surface area (Å²) in [6.07, 6.45) is 2.68. The normalized spacial score (nSPS) is 19.3. The summed E-state index contributed by atoms with van der Waals surface area (Å²) in [5.41, 5.74) is 1.34. The monoisotopic (exact) mass is 307 g/mol. The van der Waals surface area contributed by atoms with E-state index in [9.17, 15) is 8.42 Å². The molecule has 1 atom stereocenters. The summed E-state index contributed by atoms with van der Waals surface area (Å²) in [5.74, 6) is 5.32. The Kier molecular flexibility index (Phi) is 5.04. The molecule has 0 amide bonds. The van der Waals surface area contributed by atoms with Crippen molar-refractivity contribution >= 4 is 10.0 Å². The number of sulfonamides is 1. The van der Waals surface area contributed by atoms with Crippen molar-refractivity contribution in [3.63, 3.8) is 0 Å². The third-order valence-electron chi connectivity index (χ3n) is 3.88. The van der Waals surface area contributed by atoms with E-state index in [0.29, 0.717) is 17.0 Å². The zero-order chi connectivity index (χ0) is 15.5. The van der Waals surface area contributed by atoms with E-state index in [2.05, 4.69) is 11.8 Å². The van der Waals surface area contributed by atoms with Crippen LogP contribution in [0.3, 0.4) is 0 Å². The van der Waals surface area contributed by atoms with Gasteiger partial charge in [0.15, 0.2) is 0 Å². The highest BCUT2D eigenvalue weighted by Gasteiger charge is 2.34. The summed E-state index contributed by atoms with van der Waals surface area (Å²) in [6.45, 7) is 4.18. The van der Waals surface area contributed by atoms with Crippen molar-refractivity contribution < 1.29 is 13.5 Å². The number of aliphatic hydroxyl groups excluding tert-OH is 1. The molecule has 4 nitrogen and oxygen atoms in total. The molecular formula is C16H21NO3S. The van der Waals surface area contributed by atoms with E-state index in [0.717, 1.165) is 24.8 Å². The minimum absolute atomic E-state index is 0.0987. The van der Waals surface area contributed by atoms with Crippen molar-refractivity contribution in [2.24, 2.45) is 0 Å². The Morgan fingerprint density at radius 3 is 2.86 bits per heavy atom. The van der Waals surface area contributed by atoms with Gasteiger partial charge in [-0.2, -0.15) is 4.31 Å². The second-order valence-electron chi connectivity index (χ2n) is 5.26. The lowest BCUT2D eigenvalue weighted by molar-refractivity contribution is 0.350. The Morgan fingerprint density at radius 1 is 1.43 bits per heavy atom.